The molecule has 26 heavy (non-hydrogen) atoms. The van der Waals surface area contributed by atoms with Crippen molar-refractivity contribution in [3.63, 3.8) is 0 Å². The van der Waals surface area contributed by atoms with Crippen LogP contribution in [0, 0.1) is 0 Å². The minimum absolute atomic E-state index is 0.0338. The first-order chi connectivity index (χ1) is 12.6. The van der Waals surface area contributed by atoms with E-state index >= 15 is 0 Å². The van der Waals surface area contributed by atoms with Crippen LogP contribution in [0.5, 0.6) is 0 Å². The highest BCUT2D eigenvalue weighted by Gasteiger charge is 2.52. The van der Waals surface area contributed by atoms with Gasteiger partial charge in [-0.1, -0.05) is 30.3 Å². The summed E-state index contributed by atoms with van der Waals surface area (Å²) in [7, 11) is 3.18. The maximum Gasteiger partial charge on any atom is 0.248 e. The van der Waals surface area contributed by atoms with E-state index in [1.54, 1.807) is 7.11 Å². The maximum absolute atomic E-state index is 12.9. The summed E-state index contributed by atoms with van der Waals surface area (Å²) in [4.78, 5) is 29.2. The molecule has 2 aliphatic heterocycles. The van der Waals surface area contributed by atoms with Crippen molar-refractivity contribution in [1.29, 1.82) is 0 Å². The molecule has 2 aliphatic rings. The predicted octanol–water partition coefficient (Wildman–Crippen LogP) is 1.44. The van der Waals surface area contributed by atoms with Crippen molar-refractivity contribution in [2.24, 2.45) is 0 Å². The number of benzene rings is 1. The first-order valence-corrected chi connectivity index (χ1v) is 9.23. The second-order valence-corrected chi connectivity index (χ2v) is 7.14. The number of hydrogen-bond donors (Lipinski definition) is 0. The van der Waals surface area contributed by atoms with Crippen molar-refractivity contribution in [3.05, 3.63) is 35.9 Å². The molecule has 2 fully saturated rings. The fourth-order valence-electron chi connectivity index (χ4n) is 4.49. The molecule has 0 saturated carbocycles. The van der Waals surface area contributed by atoms with Crippen molar-refractivity contribution in [2.45, 2.75) is 30.7 Å². The molecule has 2 atom stereocenters. The van der Waals surface area contributed by atoms with Crippen molar-refractivity contribution in [2.75, 3.05) is 47.1 Å². The molecule has 2 saturated heterocycles. The Hall–Kier alpha value is -1.92. The lowest BCUT2D eigenvalue weighted by Crippen LogP contribution is -2.46. The lowest BCUT2D eigenvalue weighted by atomic mass is 9.71. The smallest absolute Gasteiger partial charge is 0.248 e. The minimum Gasteiger partial charge on any atom is -0.383 e. The Kier molecular flexibility index (Phi) is 5.94. The maximum atomic E-state index is 12.9. The molecule has 1 aromatic carbocycles. The van der Waals surface area contributed by atoms with E-state index in [-0.39, 0.29) is 29.9 Å². The molecular formula is C20H28N2O4. The molecule has 3 rings (SSSR count). The van der Waals surface area contributed by atoms with Gasteiger partial charge in [0.2, 0.25) is 11.8 Å². The van der Waals surface area contributed by atoms with Gasteiger partial charge in [0.15, 0.2) is 0 Å². The van der Waals surface area contributed by atoms with Crippen molar-refractivity contribution in [3.8, 4) is 0 Å². The van der Waals surface area contributed by atoms with Crippen LogP contribution in [0.25, 0.3) is 0 Å². The number of carbonyl (C=O) groups is 2. The molecule has 0 unspecified atom stereocenters. The molecule has 0 aromatic heterocycles. The van der Waals surface area contributed by atoms with Gasteiger partial charge >= 0.3 is 0 Å². The average Bonchev–Trinajstić information content (AvgIpc) is 2.95. The first kappa shape index (κ1) is 18.9. The van der Waals surface area contributed by atoms with Crippen LogP contribution in [0.1, 0.15) is 24.8 Å². The SMILES string of the molecule is COCCN1CC[C@@]2(c3ccccc3)CCN(C(=O)COC)[C@@H]2CC1=O. The summed E-state index contributed by atoms with van der Waals surface area (Å²) >= 11 is 0. The highest BCUT2D eigenvalue weighted by atomic mass is 16.5. The molecule has 1 aromatic rings. The van der Waals surface area contributed by atoms with Crippen molar-refractivity contribution >= 4 is 11.8 Å². The summed E-state index contributed by atoms with van der Waals surface area (Å²) in [5, 5.41) is 0. The van der Waals surface area contributed by atoms with Gasteiger partial charge in [-0.2, -0.15) is 0 Å². The molecule has 2 heterocycles. The van der Waals surface area contributed by atoms with Gasteiger partial charge in [0.05, 0.1) is 12.6 Å². The minimum atomic E-state index is -0.178. The molecule has 2 amide bonds. The number of amides is 2. The number of hydrogen-bond acceptors (Lipinski definition) is 4. The number of carbonyl (C=O) groups excluding carboxylic acids is 2. The highest BCUT2D eigenvalue weighted by Crippen LogP contribution is 2.46. The summed E-state index contributed by atoms with van der Waals surface area (Å²) in [6.45, 7) is 2.55. The third kappa shape index (κ3) is 3.48. The zero-order chi connectivity index (χ0) is 18.6. The summed E-state index contributed by atoms with van der Waals surface area (Å²) in [5.74, 6) is 0.0652. The Morgan fingerprint density at radius 2 is 1.88 bits per heavy atom. The quantitative estimate of drug-likeness (QED) is 0.770. The number of ether oxygens (including phenoxy) is 2. The average molecular weight is 360 g/mol. The Morgan fingerprint density at radius 1 is 1.15 bits per heavy atom. The zero-order valence-corrected chi connectivity index (χ0v) is 15.6. The van der Waals surface area contributed by atoms with E-state index in [9.17, 15) is 9.59 Å². The number of fused-ring (bicyclic) bond motifs is 1. The fourth-order valence-corrected chi connectivity index (χ4v) is 4.49. The van der Waals surface area contributed by atoms with Crippen molar-refractivity contribution < 1.29 is 19.1 Å². The monoisotopic (exact) mass is 360 g/mol. The number of nitrogens with zero attached hydrogens (tertiary/aromatic N) is 2. The van der Waals surface area contributed by atoms with E-state index in [4.69, 9.17) is 9.47 Å². The summed E-state index contributed by atoms with van der Waals surface area (Å²) < 4.78 is 10.2. The van der Waals surface area contributed by atoms with Gasteiger partial charge in [-0.05, 0) is 18.4 Å². The van der Waals surface area contributed by atoms with E-state index in [0.717, 1.165) is 12.8 Å². The van der Waals surface area contributed by atoms with Crippen LogP contribution >= 0.6 is 0 Å². The molecule has 6 nitrogen and oxygen atoms in total. The summed E-state index contributed by atoms with van der Waals surface area (Å²) in [6.07, 6.45) is 2.09. The second-order valence-electron chi connectivity index (χ2n) is 7.14. The van der Waals surface area contributed by atoms with Crippen molar-refractivity contribution in [1.82, 2.24) is 9.80 Å². The molecule has 0 N–H and O–H groups in total. The third-order valence-electron chi connectivity index (χ3n) is 5.86. The molecule has 0 spiro atoms. The van der Waals surface area contributed by atoms with E-state index in [2.05, 4.69) is 12.1 Å². The van der Waals surface area contributed by atoms with E-state index in [1.165, 1.54) is 12.7 Å². The molecule has 142 valence electrons. The van der Waals surface area contributed by atoms with Crippen LogP contribution in [0.4, 0.5) is 0 Å². The Morgan fingerprint density at radius 3 is 2.58 bits per heavy atom. The number of rotatable bonds is 6. The zero-order valence-electron chi connectivity index (χ0n) is 15.6. The van der Waals surface area contributed by atoms with Gasteiger partial charge in [0.25, 0.3) is 0 Å². The van der Waals surface area contributed by atoms with Gasteiger partial charge in [-0.15, -0.1) is 0 Å². The van der Waals surface area contributed by atoms with Gasteiger partial charge in [-0.3, -0.25) is 9.59 Å². The van der Waals surface area contributed by atoms with Crippen LogP contribution in [-0.2, 0) is 24.5 Å². The third-order valence-corrected chi connectivity index (χ3v) is 5.86. The van der Waals surface area contributed by atoms with Gasteiger partial charge in [0, 0.05) is 45.7 Å². The highest BCUT2D eigenvalue weighted by molar-refractivity contribution is 5.82. The van der Waals surface area contributed by atoms with Crippen LogP contribution < -0.4 is 0 Å². The largest absolute Gasteiger partial charge is 0.383 e. The molecule has 0 radical (unpaired) electrons. The summed E-state index contributed by atoms with van der Waals surface area (Å²) in [5.41, 5.74) is 1.04. The lowest BCUT2D eigenvalue weighted by molar-refractivity contribution is -0.138. The fraction of sp³-hybridized carbons (Fsp3) is 0.600. The van der Waals surface area contributed by atoms with E-state index in [1.807, 2.05) is 28.0 Å². The predicted molar refractivity (Wildman–Crippen MR) is 97.8 cm³/mol. The normalized spacial score (nSPS) is 25.9. The topological polar surface area (TPSA) is 59.1 Å². The molecule has 6 heteroatoms. The van der Waals surface area contributed by atoms with Gasteiger partial charge in [0.1, 0.15) is 6.61 Å². The van der Waals surface area contributed by atoms with Gasteiger partial charge in [-0.25, -0.2) is 0 Å². The number of likely N-dealkylation sites (tertiary alicyclic amines) is 2. The molecular weight excluding hydrogens is 332 g/mol. The Bertz CT molecular complexity index is 636. The second kappa shape index (κ2) is 8.18. The molecule has 0 aliphatic carbocycles. The van der Waals surface area contributed by atoms with Gasteiger partial charge < -0.3 is 19.3 Å². The molecule has 0 bridgehead atoms. The Labute approximate surface area is 155 Å². The van der Waals surface area contributed by atoms with Crippen LogP contribution in [0.3, 0.4) is 0 Å². The lowest BCUT2D eigenvalue weighted by Gasteiger charge is -2.36. The van der Waals surface area contributed by atoms with E-state index in [0.29, 0.717) is 32.7 Å². The number of methoxy groups -OCH3 is 2. The Balaban J connectivity index is 1.93. The van der Waals surface area contributed by atoms with Crippen LogP contribution in [-0.4, -0.2) is 74.7 Å². The van der Waals surface area contributed by atoms with E-state index < -0.39 is 0 Å². The van der Waals surface area contributed by atoms with Crippen LogP contribution in [0.2, 0.25) is 0 Å². The first-order valence-electron chi connectivity index (χ1n) is 9.23. The standard InChI is InChI=1S/C20H28N2O4/c1-25-13-12-21-10-8-20(16-6-4-3-5-7-16)9-11-22(19(24)15-26-2)17(20)14-18(21)23/h3-7,17H,8-15H2,1-2H3/t17-,20+/m1/s1. The van der Waals surface area contributed by atoms with Crippen LogP contribution in [0.15, 0.2) is 30.3 Å². The summed E-state index contributed by atoms with van der Waals surface area (Å²) in [6, 6.07) is 10.2.